The van der Waals surface area contributed by atoms with Crippen molar-refractivity contribution in [2.45, 2.75) is 17.6 Å². The Morgan fingerprint density at radius 2 is 1.69 bits per heavy atom. The van der Waals surface area contributed by atoms with Gasteiger partial charge in [-0.05, 0) is 42.8 Å². The van der Waals surface area contributed by atoms with Crippen molar-refractivity contribution in [3.8, 4) is 0 Å². The molecule has 0 radical (unpaired) electrons. The molecular weight excluding hydrogens is 368 g/mol. The molecule has 0 aromatic heterocycles. The number of hydrogen-bond donors (Lipinski definition) is 1. The van der Waals surface area contributed by atoms with Crippen LogP contribution < -0.4 is 5.32 Å². The molecule has 0 aliphatic heterocycles. The third-order valence-electron chi connectivity index (χ3n) is 3.59. The van der Waals surface area contributed by atoms with Crippen LogP contribution in [0.4, 0.5) is 14.5 Å². The van der Waals surface area contributed by atoms with Crippen LogP contribution in [0, 0.1) is 6.92 Å². The first kappa shape index (κ1) is 19.5. The van der Waals surface area contributed by atoms with E-state index in [4.69, 9.17) is 4.74 Å². The number of anilines is 1. The highest BCUT2D eigenvalue weighted by Crippen LogP contribution is 2.22. The van der Waals surface area contributed by atoms with E-state index in [0.29, 0.717) is 5.56 Å². The van der Waals surface area contributed by atoms with Crippen molar-refractivity contribution < 1.29 is 31.5 Å². The van der Waals surface area contributed by atoms with Crippen LogP contribution in [-0.4, -0.2) is 33.2 Å². The van der Waals surface area contributed by atoms with E-state index in [1.54, 1.807) is 19.1 Å². The van der Waals surface area contributed by atoms with Gasteiger partial charge in [0.1, 0.15) is 0 Å². The second-order valence-electron chi connectivity index (χ2n) is 5.27. The van der Waals surface area contributed by atoms with Crippen LogP contribution in [0.15, 0.2) is 47.4 Å². The maximum atomic E-state index is 12.5. The Bertz CT molecular complexity index is 940. The summed E-state index contributed by atoms with van der Waals surface area (Å²) in [6, 6.07) is 8.88. The van der Waals surface area contributed by atoms with Crippen LogP contribution in [-0.2, 0) is 14.6 Å². The zero-order valence-electron chi connectivity index (χ0n) is 13.8. The summed E-state index contributed by atoms with van der Waals surface area (Å²) in [5.41, 5.74) is 1.02. The molecule has 1 amide bonds. The number of halogens is 2. The smallest absolute Gasteiger partial charge is 0.341 e. The Morgan fingerprint density at radius 1 is 1.08 bits per heavy atom. The van der Waals surface area contributed by atoms with E-state index < -0.39 is 32.4 Å². The molecule has 0 aliphatic carbocycles. The molecule has 0 spiro atoms. The van der Waals surface area contributed by atoms with E-state index in [0.717, 1.165) is 24.3 Å². The summed E-state index contributed by atoms with van der Waals surface area (Å²) in [4.78, 5) is 23.6. The fraction of sp³-hybridized carbons (Fsp3) is 0.176. The van der Waals surface area contributed by atoms with Crippen LogP contribution in [0.5, 0.6) is 0 Å². The molecule has 2 aromatic carbocycles. The topological polar surface area (TPSA) is 89.5 Å². The van der Waals surface area contributed by atoms with E-state index in [-0.39, 0.29) is 16.8 Å². The molecule has 2 aromatic rings. The summed E-state index contributed by atoms with van der Waals surface area (Å²) in [7, 11) is -3.52. The third kappa shape index (κ3) is 3.88. The number of ether oxygens (including phenoxy) is 1. The number of esters is 1. The Labute approximate surface area is 148 Å². The van der Waals surface area contributed by atoms with Gasteiger partial charge in [-0.1, -0.05) is 12.1 Å². The normalized spacial score (nSPS) is 11.3. The molecule has 0 unspecified atom stereocenters. The highest BCUT2D eigenvalue weighted by molar-refractivity contribution is 7.91. The van der Waals surface area contributed by atoms with Crippen LogP contribution in [0.1, 0.15) is 26.3 Å². The average Bonchev–Trinajstić information content (AvgIpc) is 2.61. The van der Waals surface area contributed by atoms with Crippen LogP contribution in [0.25, 0.3) is 0 Å². The lowest BCUT2D eigenvalue weighted by Gasteiger charge is -2.12. The first-order valence-electron chi connectivity index (χ1n) is 7.30. The quantitative estimate of drug-likeness (QED) is 0.802. The molecule has 0 saturated carbocycles. The minimum atomic E-state index is -4.73. The van der Waals surface area contributed by atoms with Crippen molar-refractivity contribution in [3.05, 3.63) is 59.2 Å². The number of benzene rings is 2. The van der Waals surface area contributed by atoms with Crippen molar-refractivity contribution in [2.75, 3.05) is 12.4 Å². The molecule has 138 valence electrons. The zero-order valence-corrected chi connectivity index (χ0v) is 14.6. The van der Waals surface area contributed by atoms with Gasteiger partial charge in [-0.15, -0.1) is 0 Å². The summed E-state index contributed by atoms with van der Waals surface area (Å²) in [5.74, 6) is -4.81. The molecular formula is C17H15F2NO5S. The van der Waals surface area contributed by atoms with Gasteiger partial charge in [-0.2, -0.15) is 8.78 Å². The molecule has 1 N–H and O–H groups in total. The summed E-state index contributed by atoms with van der Waals surface area (Å²) < 4.78 is 52.5. The number of carbonyl (C=O) groups is 2. The second-order valence-corrected chi connectivity index (χ2v) is 7.19. The number of sulfone groups is 1. The minimum Gasteiger partial charge on any atom is -0.465 e. The summed E-state index contributed by atoms with van der Waals surface area (Å²) in [5, 5.41) is 2.53. The second kappa shape index (κ2) is 7.61. The fourth-order valence-corrected chi connectivity index (χ4v) is 2.96. The summed E-state index contributed by atoms with van der Waals surface area (Å²) >= 11 is 0. The van der Waals surface area contributed by atoms with Crippen molar-refractivity contribution in [2.24, 2.45) is 0 Å². The number of nitrogens with one attached hydrogen (secondary N) is 1. The van der Waals surface area contributed by atoms with Gasteiger partial charge in [0, 0.05) is 5.56 Å². The lowest BCUT2D eigenvalue weighted by atomic mass is 10.1. The lowest BCUT2D eigenvalue weighted by Crippen LogP contribution is -2.17. The molecule has 0 bridgehead atoms. The van der Waals surface area contributed by atoms with Gasteiger partial charge in [0.25, 0.3) is 5.91 Å². The molecule has 0 aliphatic rings. The lowest BCUT2D eigenvalue weighted by molar-refractivity contribution is 0.0601. The first-order chi connectivity index (χ1) is 12.2. The number of carbonyl (C=O) groups excluding carboxylic acids is 2. The van der Waals surface area contributed by atoms with Gasteiger partial charge in [0.15, 0.2) is 0 Å². The van der Waals surface area contributed by atoms with Gasteiger partial charge in [-0.3, -0.25) is 4.79 Å². The molecule has 0 atom stereocenters. The van der Waals surface area contributed by atoms with Gasteiger partial charge < -0.3 is 10.1 Å². The number of rotatable bonds is 5. The number of amides is 1. The molecule has 0 heterocycles. The van der Waals surface area contributed by atoms with Crippen molar-refractivity contribution in [1.29, 1.82) is 0 Å². The molecule has 2 rings (SSSR count). The number of hydrogen-bond acceptors (Lipinski definition) is 5. The number of alkyl halides is 2. The summed E-state index contributed by atoms with van der Waals surface area (Å²) in [6.45, 7) is 1.67. The minimum absolute atomic E-state index is 0.0375. The predicted molar refractivity (Wildman–Crippen MR) is 90.1 cm³/mol. The van der Waals surface area contributed by atoms with Gasteiger partial charge in [0.05, 0.1) is 23.3 Å². The van der Waals surface area contributed by atoms with Crippen molar-refractivity contribution >= 4 is 27.4 Å². The largest absolute Gasteiger partial charge is 0.465 e. The maximum absolute atomic E-state index is 12.5. The van der Waals surface area contributed by atoms with E-state index in [1.165, 1.54) is 13.2 Å². The molecule has 26 heavy (non-hydrogen) atoms. The van der Waals surface area contributed by atoms with E-state index >= 15 is 0 Å². The molecule has 0 fully saturated rings. The van der Waals surface area contributed by atoms with E-state index in [1.807, 2.05) is 0 Å². The predicted octanol–water partition coefficient (Wildman–Crippen LogP) is 3.03. The highest BCUT2D eigenvalue weighted by Gasteiger charge is 2.26. The van der Waals surface area contributed by atoms with Crippen molar-refractivity contribution in [1.82, 2.24) is 0 Å². The van der Waals surface area contributed by atoms with Gasteiger partial charge in [0.2, 0.25) is 9.84 Å². The molecule has 0 saturated heterocycles. The monoisotopic (exact) mass is 383 g/mol. The van der Waals surface area contributed by atoms with Crippen LogP contribution in [0.2, 0.25) is 0 Å². The SMILES string of the molecule is COC(=O)c1c(C)cccc1NC(=O)c1ccc(S(=O)(=O)C(F)F)cc1. The van der Waals surface area contributed by atoms with Gasteiger partial charge >= 0.3 is 11.7 Å². The number of methoxy groups -OCH3 is 1. The van der Waals surface area contributed by atoms with Crippen LogP contribution in [0.3, 0.4) is 0 Å². The Hall–Kier alpha value is -2.81. The third-order valence-corrected chi connectivity index (χ3v) is 4.99. The van der Waals surface area contributed by atoms with E-state index in [2.05, 4.69) is 5.32 Å². The Morgan fingerprint density at radius 3 is 2.23 bits per heavy atom. The van der Waals surface area contributed by atoms with Crippen LogP contribution >= 0.6 is 0 Å². The standard InChI is InChI=1S/C17H15F2NO5S/c1-10-4-3-5-13(14(10)16(22)25-2)20-15(21)11-6-8-12(9-7-11)26(23,24)17(18)19/h3-9,17H,1-2H3,(H,20,21). The zero-order chi connectivity index (χ0) is 19.5. The van der Waals surface area contributed by atoms with Gasteiger partial charge in [-0.25, -0.2) is 13.2 Å². The first-order valence-corrected chi connectivity index (χ1v) is 8.84. The molecule has 9 heteroatoms. The fourth-order valence-electron chi connectivity index (χ4n) is 2.24. The highest BCUT2D eigenvalue weighted by atomic mass is 32.2. The number of aryl methyl sites for hydroxylation is 1. The van der Waals surface area contributed by atoms with E-state index in [9.17, 15) is 26.8 Å². The van der Waals surface area contributed by atoms with Crippen molar-refractivity contribution in [3.63, 3.8) is 0 Å². The Balaban J connectivity index is 2.30. The maximum Gasteiger partial charge on any atom is 0.341 e. The average molecular weight is 383 g/mol. The Kier molecular flexibility index (Phi) is 5.71. The molecule has 6 nitrogen and oxygen atoms in total. The summed E-state index contributed by atoms with van der Waals surface area (Å²) in [6.07, 6.45) is 0.